The molecule has 4 heteroatoms. The quantitative estimate of drug-likeness (QED) is 0.772. The first-order chi connectivity index (χ1) is 9.25. The van der Waals surface area contributed by atoms with Crippen LogP contribution >= 0.6 is 11.6 Å². The molecule has 2 rings (SSSR count). The lowest BCUT2D eigenvalue weighted by Gasteiger charge is -2.28. The first-order valence-corrected chi connectivity index (χ1v) is 7.53. The maximum absolute atomic E-state index is 6.02. The van der Waals surface area contributed by atoms with Crippen molar-refractivity contribution in [3.63, 3.8) is 0 Å². The molecule has 1 aliphatic rings. The molecule has 0 radical (unpaired) electrons. The molecule has 0 amide bonds. The van der Waals surface area contributed by atoms with Crippen LogP contribution in [0.1, 0.15) is 43.9 Å². The molecule has 0 bridgehead atoms. The predicted molar refractivity (Wildman–Crippen MR) is 76.9 cm³/mol. The number of methoxy groups -OCH3 is 1. The van der Waals surface area contributed by atoms with Gasteiger partial charge in [-0.1, -0.05) is 6.92 Å². The van der Waals surface area contributed by atoms with Crippen LogP contribution in [0.2, 0.25) is 0 Å². The monoisotopic (exact) mass is 283 g/mol. The predicted octanol–water partition coefficient (Wildman–Crippen LogP) is 3.72. The molecule has 0 aromatic carbocycles. The average molecular weight is 284 g/mol. The molecule has 1 heterocycles. The molecule has 2 atom stereocenters. The van der Waals surface area contributed by atoms with E-state index in [2.05, 4.69) is 11.9 Å². The summed E-state index contributed by atoms with van der Waals surface area (Å²) in [6.45, 7) is 2.09. The number of aryl methyl sites for hydroxylation is 1. The lowest BCUT2D eigenvalue weighted by atomic mass is 9.95. The summed E-state index contributed by atoms with van der Waals surface area (Å²) in [5.74, 6) is 1.20. The molecule has 1 saturated carbocycles. The third kappa shape index (κ3) is 4.08. The molecule has 3 nitrogen and oxygen atoms in total. The molecule has 19 heavy (non-hydrogen) atoms. The number of hydrogen-bond donors (Lipinski definition) is 0. The second-order valence-corrected chi connectivity index (χ2v) is 5.32. The van der Waals surface area contributed by atoms with Crippen molar-refractivity contribution in [3.8, 4) is 5.88 Å². The van der Waals surface area contributed by atoms with Crippen molar-refractivity contribution in [1.82, 2.24) is 4.98 Å². The van der Waals surface area contributed by atoms with Crippen LogP contribution in [0.25, 0.3) is 0 Å². The zero-order chi connectivity index (χ0) is 13.7. The minimum absolute atomic E-state index is 0.210. The number of aromatic nitrogens is 1. The number of alkyl halides is 1. The summed E-state index contributed by atoms with van der Waals surface area (Å²) in [7, 11) is 1.77. The van der Waals surface area contributed by atoms with Crippen molar-refractivity contribution < 1.29 is 9.47 Å². The van der Waals surface area contributed by atoms with E-state index in [0.717, 1.165) is 43.4 Å². The van der Waals surface area contributed by atoms with Crippen LogP contribution in [0, 0.1) is 0 Å². The maximum Gasteiger partial charge on any atom is 0.214 e. The van der Waals surface area contributed by atoms with Crippen LogP contribution in [0.3, 0.4) is 0 Å². The molecule has 2 unspecified atom stereocenters. The van der Waals surface area contributed by atoms with Gasteiger partial charge in [0, 0.05) is 31.2 Å². The van der Waals surface area contributed by atoms with Crippen molar-refractivity contribution in [1.29, 1.82) is 0 Å². The first-order valence-electron chi connectivity index (χ1n) is 7.00. The second kappa shape index (κ2) is 7.11. The van der Waals surface area contributed by atoms with Gasteiger partial charge < -0.3 is 9.47 Å². The molecule has 1 aromatic heterocycles. The largest absolute Gasteiger partial charge is 0.474 e. The topological polar surface area (TPSA) is 31.4 Å². The summed E-state index contributed by atoms with van der Waals surface area (Å²) in [6, 6.07) is 3.99. The van der Waals surface area contributed by atoms with Crippen LogP contribution in [0.4, 0.5) is 0 Å². The van der Waals surface area contributed by atoms with Crippen LogP contribution in [0.15, 0.2) is 12.1 Å². The minimum atomic E-state index is 0.210. The Morgan fingerprint density at radius 3 is 2.79 bits per heavy atom. The molecule has 0 spiro atoms. The van der Waals surface area contributed by atoms with E-state index in [-0.39, 0.29) is 6.10 Å². The smallest absolute Gasteiger partial charge is 0.214 e. The summed E-state index contributed by atoms with van der Waals surface area (Å²) in [6.07, 6.45) is 5.73. The second-order valence-electron chi connectivity index (χ2n) is 5.06. The summed E-state index contributed by atoms with van der Waals surface area (Å²) >= 11 is 5.91. The van der Waals surface area contributed by atoms with Gasteiger partial charge in [0.25, 0.3) is 0 Å². The molecule has 1 aromatic rings. The lowest BCUT2D eigenvalue weighted by molar-refractivity contribution is 0.0194. The number of ether oxygens (including phenoxy) is 2. The summed E-state index contributed by atoms with van der Waals surface area (Å²) in [5.41, 5.74) is 2.11. The molecule has 0 N–H and O–H groups in total. The molecule has 1 aliphatic carbocycles. The van der Waals surface area contributed by atoms with E-state index >= 15 is 0 Å². The van der Waals surface area contributed by atoms with Crippen LogP contribution < -0.4 is 4.74 Å². The highest BCUT2D eigenvalue weighted by atomic mass is 35.5. The highest BCUT2D eigenvalue weighted by Gasteiger charge is 2.23. The van der Waals surface area contributed by atoms with E-state index in [1.54, 1.807) is 7.11 Å². The van der Waals surface area contributed by atoms with E-state index in [0.29, 0.717) is 17.9 Å². The molecule has 0 saturated heterocycles. The van der Waals surface area contributed by atoms with Crippen molar-refractivity contribution in [3.05, 3.63) is 23.4 Å². The Kier molecular flexibility index (Phi) is 5.46. The van der Waals surface area contributed by atoms with Crippen LogP contribution in [0.5, 0.6) is 5.88 Å². The van der Waals surface area contributed by atoms with Gasteiger partial charge in [-0.2, -0.15) is 0 Å². The van der Waals surface area contributed by atoms with Gasteiger partial charge in [-0.25, -0.2) is 4.98 Å². The van der Waals surface area contributed by atoms with Gasteiger partial charge >= 0.3 is 0 Å². The fourth-order valence-electron chi connectivity index (χ4n) is 2.53. The third-order valence-corrected chi connectivity index (χ3v) is 3.94. The SMILES string of the molecule is CCc1cc(CCl)cc(OC2CCCC(OC)C2)n1. The van der Waals surface area contributed by atoms with Gasteiger partial charge in [0.15, 0.2) is 0 Å². The van der Waals surface area contributed by atoms with Gasteiger partial charge in [-0.15, -0.1) is 11.6 Å². The number of nitrogens with zero attached hydrogens (tertiary/aromatic N) is 1. The Morgan fingerprint density at radius 1 is 1.32 bits per heavy atom. The van der Waals surface area contributed by atoms with E-state index in [1.165, 1.54) is 0 Å². The summed E-state index contributed by atoms with van der Waals surface area (Å²) in [4.78, 5) is 4.52. The Bertz CT molecular complexity index is 389. The maximum atomic E-state index is 6.02. The summed E-state index contributed by atoms with van der Waals surface area (Å²) < 4.78 is 11.4. The lowest BCUT2D eigenvalue weighted by Crippen LogP contribution is -2.29. The van der Waals surface area contributed by atoms with Gasteiger partial charge in [0.2, 0.25) is 5.88 Å². The van der Waals surface area contributed by atoms with E-state index in [9.17, 15) is 0 Å². The van der Waals surface area contributed by atoms with Crippen molar-refractivity contribution >= 4 is 11.6 Å². The number of pyridine rings is 1. The van der Waals surface area contributed by atoms with E-state index < -0.39 is 0 Å². The van der Waals surface area contributed by atoms with E-state index in [4.69, 9.17) is 21.1 Å². The molecular weight excluding hydrogens is 262 g/mol. The average Bonchev–Trinajstić information content (AvgIpc) is 2.47. The zero-order valence-corrected chi connectivity index (χ0v) is 12.4. The molecule has 0 aliphatic heterocycles. The number of halogens is 1. The number of rotatable bonds is 5. The highest BCUT2D eigenvalue weighted by molar-refractivity contribution is 6.17. The Morgan fingerprint density at radius 2 is 2.11 bits per heavy atom. The summed E-state index contributed by atoms with van der Waals surface area (Å²) in [5, 5.41) is 0. The molecule has 1 fully saturated rings. The van der Waals surface area contributed by atoms with Crippen molar-refractivity contribution in [2.75, 3.05) is 7.11 Å². The first kappa shape index (κ1) is 14.6. The fourth-order valence-corrected chi connectivity index (χ4v) is 2.69. The minimum Gasteiger partial charge on any atom is -0.474 e. The molecular formula is C15H22ClNO2. The van der Waals surface area contributed by atoms with Crippen LogP contribution in [-0.2, 0) is 17.0 Å². The standard InChI is InChI=1S/C15H22ClNO2/c1-3-12-7-11(10-16)8-15(17-12)19-14-6-4-5-13(9-14)18-2/h7-8,13-14H,3-6,9-10H2,1-2H3. The third-order valence-electron chi connectivity index (χ3n) is 3.63. The van der Waals surface area contributed by atoms with Gasteiger partial charge in [0.1, 0.15) is 6.10 Å². The van der Waals surface area contributed by atoms with E-state index in [1.807, 2.05) is 12.1 Å². The van der Waals surface area contributed by atoms with Gasteiger partial charge in [0.05, 0.1) is 6.10 Å². The Labute approximate surface area is 120 Å². The molecule has 106 valence electrons. The zero-order valence-electron chi connectivity index (χ0n) is 11.7. The van der Waals surface area contributed by atoms with Crippen molar-refractivity contribution in [2.24, 2.45) is 0 Å². The Hall–Kier alpha value is -0.800. The van der Waals surface area contributed by atoms with Crippen molar-refractivity contribution in [2.45, 2.75) is 57.1 Å². The fraction of sp³-hybridized carbons (Fsp3) is 0.667. The van der Waals surface area contributed by atoms with Crippen LogP contribution in [-0.4, -0.2) is 24.3 Å². The normalized spacial score (nSPS) is 23.3. The highest BCUT2D eigenvalue weighted by Crippen LogP contribution is 2.25. The van der Waals surface area contributed by atoms with Gasteiger partial charge in [-0.05, 0) is 37.3 Å². The Balaban J connectivity index is 2.05. The number of hydrogen-bond acceptors (Lipinski definition) is 3. The van der Waals surface area contributed by atoms with Gasteiger partial charge in [-0.3, -0.25) is 0 Å².